The first-order chi connectivity index (χ1) is 7.75. The SMILES string of the molecule is Cc1cc(F)ccc1NCCc1ccsc1. The molecule has 0 bridgehead atoms. The Labute approximate surface area is 98.9 Å². The minimum absolute atomic E-state index is 0.180. The molecule has 84 valence electrons. The quantitative estimate of drug-likeness (QED) is 0.848. The lowest BCUT2D eigenvalue weighted by Gasteiger charge is -2.08. The third kappa shape index (κ3) is 2.83. The highest BCUT2D eigenvalue weighted by Crippen LogP contribution is 2.15. The van der Waals surface area contributed by atoms with Crippen molar-refractivity contribution in [3.05, 3.63) is 52.0 Å². The summed E-state index contributed by atoms with van der Waals surface area (Å²) in [6, 6.07) is 6.95. The fourth-order valence-electron chi connectivity index (χ4n) is 1.60. The second-order valence-electron chi connectivity index (χ2n) is 3.77. The maximum absolute atomic E-state index is 12.9. The predicted octanol–water partition coefficient (Wildman–Crippen LogP) is 3.85. The number of benzene rings is 1. The average Bonchev–Trinajstić information content (AvgIpc) is 2.74. The van der Waals surface area contributed by atoms with Gasteiger partial charge in [0.2, 0.25) is 0 Å². The van der Waals surface area contributed by atoms with Gasteiger partial charge in [-0.1, -0.05) is 0 Å². The number of thiophene rings is 1. The topological polar surface area (TPSA) is 12.0 Å². The highest BCUT2D eigenvalue weighted by Gasteiger charge is 1.99. The Morgan fingerprint density at radius 3 is 2.88 bits per heavy atom. The summed E-state index contributed by atoms with van der Waals surface area (Å²) < 4.78 is 12.9. The first-order valence-electron chi connectivity index (χ1n) is 5.27. The first-order valence-corrected chi connectivity index (χ1v) is 6.21. The minimum Gasteiger partial charge on any atom is -0.384 e. The van der Waals surface area contributed by atoms with Gasteiger partial charge in [-0.2, -0.15) is 11.3 Å². The van der Waals surface area contributed by atoms with Gasteiger partial charge in [0.05, 0.1) is 0 Å². The summed E-state index contributed by atoms with van der Waals surface area (Å²) in [6.45, 7) is 2.79. The Balaban J connectivity index is 1.90. The highest BCUT2D eigenvalue weighted by molar-refractivity contribution is 7.07. The van der Waals surface area contributed by atoms with Crippen LogP contribution in [0.2, 0.25) is 0 Å². The van der Waals surface area contributed by atoms with Gasteiger partial charge in [0.1, 0.15) is 5.82 Å². The normalized spacial score (nSPS) is 10.4. The van der Waals surface area contributed by atoms with Crippen LogP contribution in [0.15, 0.2) is 35.0 Å². The van der Waals surface area contributed by atoms with E-state index in [0.29, 0.717) is 0 Å². The van der Waals surface area contributed by atoms with Crippen molar-refractivity contribution >= 4 is 17.0 Å². The summed E-state index contributed by atoms with van der Waals surface area (Å²) in [4.78, 5) is 0. The van der Waals surface area contributed by atoms with Crippen LogP contribution in [0, 0.1) is 12.7 Å². The minimum atomic E-state index is -0.180. The van der Waals surface area contributed by atoms with Crippen LogP contribution in [0.4, 0.5) is 10.1 Å². The number of nitrogens with one attached hydrogen (secondary N) is 1. The Morgan fingerprint density at radius 2 is 2.19 bits per heavy atom. The molecule has 0 spiro atoms. The van der Waals surface area contributed by atoms with E-state index in [1.807, 2.05) is 6.92 Å². The fraction of sp³-hybridized carbons (Fsp3) is 0.231. The summed E-state index contributed by atoms with van der Waals surface area (Å²) in [6.07, 6.45) is 1.00. The lowest BCUT2D eigenvalue weighted by Crippen LogP contribution is -2.05. The van der Waals surface area contributed by atoms with Gasteiger partial charge in [-0.05, 0) is 59.5 Å². The zero-order chi connectivity index (χ0) is 11.4. The smallest absolute Gasteiger partial charge is 0.123 e. The number of halogens is 1. The molecule has 1 aromatic heterocycles. The number of hydrogen-bond acceptors (Lipinski definition) is 2. The van der Waals surface area contributed by atoms with E-state index in [4.69, 9.17) is 0 Å². The van der Waals surface area contributed by atoms with Crippen molar-refractivity contribution in [2.75, 3.05) is 11.9 Å². The van der Waals surface area contributed by atoms with Crippen LogP contribution in [0.3, 0.4) is 0 Å². The molecule has 0 atom stereocenters. The van der Waals surface area contributed by atoms with Crippen molar-refractivity contribution < 1.29 is 4.39 Å². The molecule has 0 unspecified atom stereocenters. The van der Waals surface area contributed by atoms with Gasteiger partial charge < -0.3 is 5.32 Å². The number of aryl methyl sites for hydroxylation is 1. The third-order valence-corrected chi connectivity index (χ3v) is 3.23. The molecule has 0 fully saturated rings. The van der Waals surface area contributed by atoms with Crippen molar-refractivity contribution in [1.82, 2.24) is 0 Å². The molecule has 0 aliphatic rings. The standard InChI is InChI=1S/C13H14FNS/c1-10-8-12(14)2-3-13(10)15-6-4-11-5-7-16-9-11/h2-3,5,7-9,15H,4,6H2,1H3. The number of anilines is 1. The number of hydrogen-bond donors (Lipinski definition) is 1. The van der Waals surface area contributed by atoms with E-state index in [2.05, 4.69) is 22.1 Å². The zero-order valence-electron chi connectivity index (χ0n) is 9.16. The summed E-state index contributed by atoms with van der Waals surface area (Å²) >= 11 is 1.71. The summed E-state index contributed by atoms with van der Waals surface area (Å²) in [5.41, 5.74) is 3.30. The monoisotopic (exact) mass is 235 g/mol. The molecule has 0 amide bonds. The van der Waals surface area contributed by atoms with E-state index in [0.717, 1.165) is 24.2 Å². The molecule has 1 aromatic carbocycles. The first kappa shape index (κ1) is 11.1. The molecule has 0 aliphatic heterocycles. The third-order valence-electron chi connectivity index (χ3n) is 2.50. The van der Waals surface area contributed by atoms with Crippen LogP contribution >= 0.6 is 11.3 Å². The van der Waals surface area contributed by atoms with Crippen molar-refractivity contribution in [1.29, 1.82) is 0 Å². The van der Waals surface area contributed by atoms with Crippen LogP contribution in [-0.4, -0.2) is 6.54 Å². The zero-order valence-corrected chi connectivity index (χ0v) is 9.98. The van der Waals surface area contributed by atoms with Gasteiger partial charge >= 0.3 is 0 Å². The maximum Gasteiger partial charge on any atom is 0.123 e. The van der Waals surface area contributed by atoms with Crippen LogP contribution in [0.25, 0.3) is 0 Å². The predicted molar refractivity (Wildman–Crippen MR) is 67.6 cm³/mol. The highest BCUT2D eigenvalue weighted by atomic mass is 32.1. The lowest BCUT2D eigenvalue weighted by molar-refractivity contribution is 0.627. The van der Waals surface area contributed by atoms with E-state index < -0.39 is 0 Å². The summed E-state index contributed by atoms with van der Waals surface area (Å²) in [7, 11) is 0. The van der Waals surface area contributed by atoms with E-state index in [1.165, 1.54) is 11.6 Å². The van der Waals surface area contributed by atoms with Gasteiger partial charge in [-0.15, -0.1) is 0 Å². The van der Waals surface area contributed by atoms with Crippen LogP contribution < -0.4 is 5.32 Å². The van der Waals surface area contributed by atoms with E-state index in [1.54, 1.807) is 23.5 Å². The summed E-state index contributed by atoms with van der Waals surface area (Å²) in [5, 5.41) is 7.55. The molecule has 1 nitrogen and oxygen atoms in total. The van der Waals surface area contributed by atoms with Gasteiger partial charge in [0.15, 0.2) is 0 Å². The molecule has 0 aliphatic carbocycles. The molecule has 2 aromatic rings. The van der Waals surface area contributed by atoms with Crippen molar-refractivity contribution in [2.45, 2.75) is 13.3 Å². The molecule has 1 N–H and O–H groups in total. The van der Waals surface area contributed by atoms with E-state index in [9.17, 15) is 4.39 Å². The van der Waals surface area contributed by atoms with Gasteiger partial charge in [0, 0.05) is 12.2 Å². The van der Waals surface area contributed by atoms with Crippen LogP contribution in [0.1, 0.15) is 11.1 Å². The van der Waals surface area contributed by atoms with Crippen molar-refractivity contribution in [2.24, 2.45) is 0 Å². The molecule has 3 heteroatoms. The molecule has 2 rings (SSSR count). The van der Waals surface area contributed by atoms with Gasteiger partial charge in [-0.3, -0.25) is 0 Å². The second kappa shape index (κ2) is 5.12. The van der Waals surface area contributed by atoms with E-state index in [-0.39, 0.29) is 5.82 Å². The molecule has 0 saturated carbocycles. The summed E-state index contributed by atoms with van der Waals surface area (Å²) in [5.74, 6) is -0.180. The molecule has 0 saturated heterocycles. The fourth-order valence-corrected chi connectivity index (χ4v) is 2.30. The van der Waals surface area contributed by atoms with Crippen molar-refractivity contribution in [3.63, 3.8) is 0 Å². The second-order valence-corrected chi connectivity index (χ2v) is 4.55. The van der Waals surface area contributed by atoms with Crippen LogP contribution in [0.5, 0.6) is 0 Å². The van der Waals surface area contributed by atoms with E-state index >= 15 is 0 Å². The molecular formula is C13H14FNS. The molecular weight excluding hydrogens is 221 g/mol. The Bertz CT molecular complexity index is 451. The molecule has 1 heterocycles. The largest absolute Gasteiger partial charge is 0.384 e. The van der Waals surface area contributed by atoms with Gasteiger partial charge in [0.25, 0.3) is 0 Å². The van der Waals surface area contributed by atoms with Crippen LogP contribution in [-0.2, 0) is 6.42 Å². The number of rotatable bonds is 4. The average molecular weight is 235 g/mol. The molecule has 0 radical (unpaired) electrons. The Kier molecular flexibility index (Phi) is 3.57. The van der Waals surface area contributed by atoms with Gasteiger partial charge in [-0.25, -0.2) is 4.39 Å². The Hall–Kier alpha value is -1.35. The maximum atomic E-state index is 12.9. The molecule has 16 heavy (non-hydrogen) atoms. The lowest BCUT2D eigenvalue weighted by atomic mass is 10.2. The van der Waals surface area contributed by atoms with Crippen molar-refractivity contribution in [3.8, 4) is 0 Å². The Morgan fingerprint density at radius 1 is 1.31 bits per heavy atom.